The van der Waals surface area contributed by atoms with Crippen LogP contribution in [0.3, 0.4) is 0 Å². The van der Waals surface area contributed by atoms with E-state index in [0.717, 1.165) is 19.5 Å². The first-order valence-corrected chi connectivity index (χ1v) is 8.77. The van der Waals surface area contributed by atoms with E-state index in [9.17, 15) is 4.79 Å². The zero-order valence-electron chi connectivity index (χ0n) is 14.3. The predicted molar refractivity (Wildman–Crippen MR) is 94.4 cm³/mol. The number of carbonyl (C=O) groups is 1. The summed E-state index contributed by atoms with van der Waals surface area (Å²) in [5.74, 6) is 0.0539. The van der Waals surface area contributed by atoms with E-state index < -0.39 is 0 Å². The summed E-state index contributed by atoms with van der Waals surface area (Å²) in [6.07, 6.45) is 8.84. The summed E-state index contributed by atoms with van der Waals surface area (Å²) in [5, 5.41) is 3.13. The van der Waals surface area contributed by atoms with Crippen molar-refractivity contribution in [3.8, 4) is 0 Å². The molecule has 24 heavy (non-hydrogen) atoms. The van der Waals surface area contributed by atoms with Crippen molar-refractivity contribution in [3.05, 3.63) is 54.6 Å². The minimum absolute atomic E-state index is 0.0539. The molecule has 2 aromatic rings. The third kappa shape index (κ3) is 4.23. The lowest BCUT2D eigenvalue weighted by Crippen LogP contribution is -2.47. The lowest BCUT2D eigenvalue weighted by molar-refractivity contribution is -0.124. The maximum absolute atomic E-state index is 12.4. The second-order valence-corrected chi connectivity index (χ2v) is 6.54. The van der Waals surface area contributed by atoms with Gasteiger partial charge in [0.15, 0.2) is 0 Å². The molecule has 2 heterocycles. The van der Waals surface area contributed by atoms with Crippen LogP contribution < -0.4 is 5.32 Å². The minimum atomic E-state index is -0.223. The Balaban J connectivity index is 1.55. The first-order chi connectivity index (χ1) is 11.7. The second-order valence-electron chi connectivity index (χ2n) is 6.54. The number of amides is 1. The molecule has 0 unspecified atom stereocenters. The molecule has 1 saturated heterocycles. The van der Waals surface area contributed by atoms with Crippen molar-refractivity contribution in [1.29, 1.82) is 0 Å². The minimum Gasteiger partial charge on any atom is -0.353 e. The Hall–Kier alpha value is -2.14. The van der Waals surface area contributed by atoms with Gasteiger partial charge in [-0.15, -0.1) is 0 Å². The molecule has 1 aromatic heterocycles. The number of likely N-dealkylation sites (tertiary alicyclic amines) is 1. The molecular weight excluding hydrogens is 300 g/mol. The summed E-state index contributed by atoms with van der Waals surface area (Å²) in [6, 6.07) is 10.8. The smallest absolute Gasteiger partial charge is 0.242 e. The third-order valence-corrected chi connectivity index (χ3v) is 4.84. The van der Waals surface area contributed by atoms with E-state index in [1.54, 1.807) is 12.5 Å². The Kier molecular flexibility index (Phi) is 5.64. The van der Waals surface area contributed by atoms with Gasteiger partial charge in [0.2, 0.25) is 5.91 Å². The SMILES string of the molecule is C[C@@H](C(=O)NC[C@@H]1CCCCN1Cc1ccccc1)n1ccnc1. The lowest BCUT2D eigenvalue weighted by Gasteiger charge is -2.36. The van der Waals surface area contributed by atoms with Crippen molar-refractivity contribution in [1.82, 2.24) is 19.8 Å². The fraction of sp³-hybridized carbons (Fsp3) is 0.474. The average molecular weight is 326 g/mol. The molecule has 1 fully saturated rings. The van der Waals surface area contributed by atoms with Gasteiger partial charge in [0.05, 0.1) is 6.33 Å². The largest absolute Gasteiger partial charge is 0.353 e. The topological polar surface area (TPSA) is 50.2 Å². The zero-order chi connectivity index (χ0) is 16.8. The summed E-state index contributed by atoms with van der Waals surface area (Å²) in [7, 11) is 0. The van der Waals surface area contributed by atoms with Gasteiger partial charge >= 0.3 is 0 Å². The second kappa shape index (κ2) is 8.11. The van der Waals surface area contributed by atoms with E-state index in [2.05, 4.69) is 45.5 Å². The van der Waals surface area contributed by atoms with Crippen LogP contribution in [0.4, 0.5) is 0 Å². The Morgan fingerprint density at radius 1 is 1.33 bits per heavy atom. The first-order valence-electron chi connectivity index (χ1n) is 8.77. The van der Waals surface area contributed by atoms with E-state index in [1.807, 2.05) is 17.7 Å². The Morgan fingerprint density at radius 2 is 2.17 bits per heavy atom. The molecule has 1 N–H and O–H groups in total. The van der Waals surface area contributed by atoms with Crippen molar-refractivity contribution in [2.45, 2.75) is 44.8 Å². The molecule has 128 valence electrons. The van der Waals surface area contributed by atoms with Gasteiger partial charge in [-0.1, -0.05) is 36.8 Å². The molecule has 0 aliphatic carbocycles. The van der Waals surface area contributed by atoms with Crippen molar-refractivity contribution in [2.75, 3.05) is 13.1 Å². The van der Waals surface area contributed by atoms with Gasteiger partial charge in [-0.3, -0.25) is 9.69 Å². The highest BCUT2D eigenvalue weighted by atomic mass is 16.2. The van der Waals surface area contributed by atoms with Gasteiger partial charge in [-0.25, -0.2) is 4.98 Å². The van der Waals surface area contributed by atoms with Crippen LogP contribution in [0, 0.1) is 0 Å². The highest BCUT2D eigenvalue weighted by Gasteiger charge is 2.24. The predicted octanol–water partition coefficient (Wildman–Crippen LogP) is 2.62. The van der Waals surface area contributed by atoms with Gasteiger partial charge < -0.3 is 9.88 Å². The molecule has 0 bridgehead atoms. The number of nitrogens with one attached hydrogen (secondary N) is 1. The third-order valence-electron chi connectivity index (χ3n) is 4.84. The van der Waals surface area contributed by atoms with Gasteiger partial charge in [-0.2, -0.15) is 0 Å². The van der Waals surface area contributed by atoms with E-state index in [1.165, 1.54) is 18.4 Å². The molecule has 1 amide bonds. The number of carbonyl (C=O) groups excluding carboxylic acids is 1. The molecule has 2 atom stereocenters. The Labute approximate surface area is 143 Å². The van der Waals surface area contributed by atoms with Gasteiger partial charge in [0.25, 0.3) is 0 Å². The lowest BCUT2D eigenvalue weighted by atomic mass is 10.0. The fourth-order valence-corrected chi connectivity index (χ4v) is 3.32. The molecule has 1 aliphatic rings. The van der Waals surface area contributed by atoms with Crippen LogP contribution in [0.25, 0.3) is 0 Å². The summed E-state index contributed by atoms with van der Waals surface area (Å²) in [4.78, 5) is 18.9. The van der Waals surface area contributed by atoms with Crippen LogP contribution in [0.15, 0.2) is 49.1 Å². The van der Waals surface area contributed by atoms with Crippen molar-refractivity contribution in [2.24, 2.45) is 0 Å². The molecule has 0 spiro atoms. The van der Waals surface area contributed by atoms with Gasteiger partial charge in [0.1, 0.15) is 6.04 Å². The highest BCUT2D eigenvalue weighted by molar-refractivity contribution is 5.79. The van der Waals surface area contributed by atoms with Crippen LogP contribution in [0.1, 0.15) is 37.8 Å². The van der Waals surface area contributed by atoms with Gasteiger partial charge in [-0.05, 0) is 31.9 Å². The average Bonchev–Trinajstić information content (AvgIpc) is 3.15. The molecular formula is C19H26N4O. The van der Waals surface area contributed by atoms with Crippen LogP contribution in [-0.2, 0) is 11.3 Å². The summed E-state index contributed by atoms with van der Waals surface area (Å²) < 4.78 is 1.83. The molecule has 5 heteroatoms. The maximum Gasteiger partial charge on any atom is 0.242 e. The number of rotatable bonds is 6. The van der Waals surface area contributed by atoms with Crippen molar-refractivity contribution < 1.29 is 4.79 Å². The molecule has 1 aromatic carbocycles. The van der Waals surface area contributed by atoms with E-state index >= 15 is 0 Å². The molecule has 0 saturated carbocycles. The van der Waals surface area contributed by atoms with E-state index in [4.69, 9.17) is 0 Å². The Morgan fingerprint density at radius 3 is 2.92 bits per heavy atom. The van der Waals surface area contributed by atoms with Crippen LogP contribution in [0.2, 0.25) is 0 Å². The molecule has 1 aliphatic heterocycles. The Bertz CT molecular complexity index is 626. The van der Waals surface area contributed by atoms with E-state index in [0.29, 0.717) is 12.6 Å². The van der Waals surface area contributed by atoms with Crippen molar-refractivity contribution >= 4 is 5.91 Å². The molecule has 0 radical (unpaired) electrons. The van der Waals surface area contributed by atoms with E-state index in [-0.39, 0.29) is 11.9 Å². The van der Waals surface area contributed by atoms with Crippen LogP contribution in [-0.4, -0.2) is 39.5 Å². The number of hydrogen-bond donors (Lipinski definition) is 1. The monoisotopic (exact) mass is 326 g/mol. The highest BCUT2D eigenvalue weighted by Crippen LogP contribution is 2.19. The molecule has 3 rings (SSSR count). The van der Waals surface area contributed by atoms with Crippen LogP contribution >= 0.6 is 0 Å². The number of nitrogens with zero attached hydrogens (tertiary/aromatic N) is 3. The van der Waals surface area contributed by atoms with Gasteiger partial charge in [0, 0.05) is 31.5 Å². The number of piperidine rings is 1. The number of imidazole rings is 1. The zero-order valence-corrected chi connectivity index (χ0v) is 14.3. The first kappa shape index (κ1) is 16.7. The van der Waals surface area contributed by atoms with Crippen molar-refractivity contribution in [3.63, 3.8) is 0 Å². The summed E-state index contributed by atoms with van der Waals surface area (Å²) in [5.41, 5.74) is 1.34. The normalized spacial score (nSPS) is 19.8. The summed E-state index contributed by atoms with van der Waals surface area (Å²) in [6.45, 7) is 4.68. The maximum atomic E-state index is 12.4. The quantitative estimate of drug-likeness (QED) is 0.888. The standard InChI is InChI=1S/C19H26N4O/c1-16(23-12-10-20-15-23)19(24)21-13-18-9-5-6-11-22(18)14-17-7-3-2-4-8-17/h2-4,7-8,10,12,15-16,18H,5-6,9,11,13-14H2,1H3,(H,21,24)/t16-,18-/m0/s1. The molecule has 5 nitrogen and oxygen atoms in total. The number of hydrogen-bond acceptors (Lipinski definition) is 3. The van der Waals surface area contributed by atoms with Crippen LogP contribution in [0.5, 0.6) is 0 Å². The number of aromatic nitrogens is 2. The summed E-state index contributed by atoms with van der Waals surface area (Å²) >= 11 is 0. The fourth-order valence-electron chi connectivity index (χ4n) is 3.32. The number of benzene rings is 1.